The number of rotatable bonds is 4. The minimum absolute atomic E-state index is 0.0842. The van der Waals surface area contributed by atoms with Crippen molar-refractivity contribution in [1.29, 1.82) is 0 Å². The van der Waals surface area contributed by atoms with E-state index in [4.69, 9.17) is 17.3 Å². The molecule has 0 aliphatic heterocycles. The summed E-state index contributed by atoms with van der Waals surface area (Å²) in [5, 5.41) is 0.294. The standard InChI is InChI=1S/C10H16ClN3O2S/c1-7-4-8(5-13-9(7)11)17(15,16)14-10(2,3)6-12/h4-5,14H,6,12H2,1-3H3. The minimum Gasteiger partial charge on any atom is -0.329 e. The van der Waals surface area contributed by atoms with Gasteiger partial charge < -0.3 is 5.73 Å². The number of aromatic nitrogens is 1. The number of nitrogens with zero attached hydrogens (tertiary/aromatic N) is 1. The summed E-state index contributed by atoms with van der Waals surface area (Å²) < 4.78 is 26.6. The zero-order valence-corrected chi connectivity index (χ0v) is 11.6. The maximum Gasteiger partial charge on any atom is 0.242 e. The van der Waals surface area contributed by atoms with E-state index >= 15 is 0 Å². The van der Waals surface area contributed by atoms with Crippen molar-refractivity contribution in [2.24, 2.45) is 5.73 Å². The van der Waals surface area contributed by atoms with Crippen LogP contribution in [0.5, 0.6) is 0 Å². The second-order valence-electron chi connectivity index (χ2n) is 4.47. The van der Waals surface area contributed by atoms with Crippen LogP contribution in [0.2, 0.25) is 5.15 Å². The maximum absolute atomic E-state index is 12.0. The summed E-state index contributed by atoms with van der Waals surface area (Å²) in [5.74, 6) is 0. The summed E-state index contributed by atoms with van der Waals surface area (Å²) in [6.45, 7) is 5.32. The van der Waals surface area contributed by atoms with Crippen molar-refractivity contribution >= 4 is 21.6 Å². The van der Waals surface area contributed by atoms with E-state index in [1.165, 1.54) is 12.3 Å². The number of sulfonamides is 1. The lowest BCUT2D eigenvalue weighted by molar-refractivity contribution is 0.462. The quantitative estimate of drug-likeness (QED) is 0.806. The van der Waals surface area contributed by atoms with Gasteiger partial charge in [-0.15, -0.1) is 0 Å². The number of aryl methyl sites for hydroxylation is 1. The first kappa shape index (κ1) is 14.4. The van der Waals surface area contributed by atoms with Crippen LogP contribution in [0.3, 0.4) is 0 Å². The Balaban J connectivity index is 3.10. The van der Waals surface area contributed by atoms with Crippen LogP contribution < -0.4 is 10.5 Å². The average molecular weight is 278 g/mol. The van der Waals surface area contributed by atoms with Gasteiger partial charge in [-0.2, -0.15) is 0 Å². The third-order valence-corrected chi connectivity index (χ3v) is 4.28. The van der Waals surface area contributed by atoms with Gasteiger partial charge in [-0.3, -0.25) is 0 Å². The summed E-state index contributed by atoms with van der Waals surface area (Å²) in [6, 6.07) is 1.48. The second kappa shape index (κ2) is 4.89. The number of hydrogen-bond acceptors (Lipinski definition) is 4. The van der Waals surface area contributed by atoms with Crippen molar-refractivity contribution in [2.45, 2.75) is 31.2 Å². The van der Waals surface area contributed by atoms with Gasteiger partial charge in [0, 0.05) is 18.3 Å². The number of hydrogen-bond donors (Lipinski definition) is 2. The molecule has 0 spiro atoms. The third-order valence-electron chi connectivity index (χ3n) is 2.22. The first-order valence-electron chi connectivity index (χ1n) is 5.04. The summed E-state index contributed by atoms with van der Waals surface area (Å²) in [6.07, 6.45) is 1.23. The highest BCUT2D eigenvalue weighted by Gasteiger charge is 2.25. The van der Waals surface area contributed by atoms with Gasteiger partial charge in [-0.25, -0.2) is 18.1 Å². The Labute approximate surface area is 106 Å². The first-order valence-corrected chi connectivity index (χ1v) is 6.90. The zero-order chi connectivity index (χ0) is 13.3. The SMILES string of the molecule is Cc1cc(S(=O)(=O)NC(C)(C)CN)cnc1Cl. The lowest BCUT2D eigenvalue weighted by Gasteiger charge is -2.23. The van der Waals surface area contributed by atoms with Gasteiger partial charge in [-0.05, 0) is 32.4 Å². The number of nitrogens with one attached hydrogen (secondary N) is 1. The molecule has 1 aromatic rings. The van der Waals surface area contributed by atoms with Crippen molar-refractivity contribution < 1.29 is 8.42 Å². The Morgan fingerprint density at radius 2 is 2.12 bits per heavy atom. The Bertz CT molecular complexity index is 514. The molecule has 0 aliphatic carbocycles. The zero-order valence-electron chi connectivity index (χ0n) is 9.99. The van der Waals surface area contributed by atoms with Gasteiger partial charge in [-0.1, -0.05) is 11.6 Å². The molecule has 0 aromatic carbocycles. The average Bonchev–Trinajstić information content (AvgIpc) is 2.20. The Kier molecular flexibility index (Phi) is 4.14. The molecule has 1 heterocycles. The summed E-state index contributed by atoms with van der Waals surface area (Å²) in [7, 11) is -3.62. The van der Waals surface area contributed by atoms with Gasteiger partial charge in [0.15, 0.2) is 0 Å². The molecule has 0 bridgehead atoms. The topological polar surface area (TPSA) is 85.1 Å². The van der Waals surface area contributed by atoms with Crippen LogP contribution in [-0.2, 0) is 10.0 Å². The molecule has 1 rings (SSSR count). The molecule has 0 aliphatic rings. The van der Waals surface area contributed by atoms with Crippen molar-refractivity contribution in [2.75, 3.05) is 6.54 Å². The highest BCUT2D eigenvalue weighted by molar-refractivity contribution is 7.89. The van der Waals surface area contributed by atoms with Gasteiger partial charge in [0.1, 0.15) is 10.0 Å². The van der Waals surface area contributed by atoms with E-state index in [2.05, 4.69) is 9.71 Å². The fourth-order valence-corrected chi connectivity index (χ4v) is 2.70. The van der Waals surface area contributed by atoms with Crippen LogP contribution in [-0.4, -0.2) is 25.5 Å². The molecule has 0 saturated heterocycles. The number of nitrogens with two attached hydrogens (primary N) is 1. The van der Waals surface area contributed by atoms with Gasteiger partial charge >= 0.3 is 0 Å². The molecular formula is C10H16ClN3O2S. The van der Waals surface area contributed by atoms with Crippen molar-refractivity contribution in [3.05, 3.63) is 23.0 Å². The predicted molar refractivity (Wildman–Crippen MR) is 67.4 cm³/mol. The van der Waals surface area contributed by atoms with E-state index in [0.717, 1.165) is 0 Å². The van der Waals surface area contributed by atoms with E-state index in [0.29, 0.717) is 10.7 Å². The normalized spacial score (nSPS) is 12.8. The molecule has 3 N–H and O–H groups in total. The van der Waals surface area contributed by atoms with E-state index in [1.807, 2.05) is 0 Å². The largest absolute Gasteiger partial charge is 0.329 e. The Morgan fingerprint density at radius 1 is 1.53 bits per heavy atom. The van der Waals surface area contributed by atoms with Crippen LogP contribution in [0.4, 0.5) is 0 Å². The summed E-state index contributed by atoms with van der Waals surface area (Å²) >= 11 is 5.74. The van der Waals surface area contributed by atoms with Crippen LogP contribution >= 0.6 is 11.6 Å². The Morgan fingerprint density at radius 3 is 2.59 bits per heavy atom. The fourth-order valence-electron chi connectivity index (χ4n) is 1.14. The van der Waals surface area contributed by atoms with Crippen molar-refractivity contribution in [3.8, 4) is 0 Å². The number of pyridine rings is 1. The molecule has 0 radical (unpaired) electrons. The molecule has 1 aromatic heterocycles. The van der Waals surface area contributed by atoms with E-state index in [1.54, 1.807) is 20.8 Å². The van der Waals surface area contributed by atoms with Crippen molar-refractivity contribution in [3.63, 3.8) is 0 Å². The van der Waals surface area contributed by atoms with E-state index in [-0.39, 0.29) is 11.4 Å². The molecule has 7 heteroatoms. The van der Waals surface area contributed by atoms with E-state index in [9.17, 15) is 8.42 Å². The molecule has 0 unspecified atom stereocenters. The lowest BCUT2D eigenvalue weighted by Crippen LogP contribution is -2.48. The highest BCUT2D eigenvalue weighted by atomic mass is 35.5. The van der Waals surface area contributed by atoms with Crippen LogP contribution in [0.15, 0.2) is 17.2 Å². The molecule has 0 atom stereocenters. The molecule has 5 nitrogen and oxygen atoms in total. The maximum atomic E-state index is 12.0. The Hall–Kier alpha value is -0.690. The van der Waals surface area contributed by atoms with Crippen LogP contribution in [0, 0.1) is 6.92 Å². The molecule has 96 valence electrons. The predicted octanol–water partition coefficient (Wildman–Crippen LogP) is 1.06. The van der Waals surface area contributed by atoms with Gasteiger partial charge in [0.05, 0.1) is 0 Å². The van der Waals surface area contributed by atoms with E-state index < -0.39 is 15.6 Å². The smallest absolute Gasteiger partial charge is 0.242 e. The summed E-state index contributed by atoms with van der Waals surface area (Å²) in [5.41, 5.74) is 5.39. The molecule has 17 heavy (non-hydrogen) atoms. The van der Waals surface area contributed by atoms with Crippen LogP contribution in [0.25, 0.3) is 0 Å². The molecule has 0 amide bonds. The monoisotopic (exact) mass is 277 g/mol. The second-order valence-corrected chi connectivity index (χ2v) is 6.51. The minimum atomic E-state index is -3.62. The number of halogens is 1. The van der Waals surface area contributed by atoms with Gasteiger partial charge in [0.2, 0.25) is 10.0 Å². The highest BCUT2D eigenvalue weighted by Crippen LogP contribution is 2.17. The third kappa shape index (κ3) is 3.64. The molecule has 0 fully saturated rings. The summed E-state index contributed by atoms with van der Waals surface area (Å²) in [4.78, 5) is 3.90. The van der Waals surface area contributed by atoms with Crippen LogP contribution in [0.1, 0.15) is 19.4 Å². The first-order chi connectivity index (χ1) is 7.68. The molecular weight excluding hydrogens is 262 g/mol. The van der Waals surface area contributed by atoms with Crippen molar-refractivity contribution in [1.82, 2.24) is 9.71 Å². The molecule has 0 saturated carbocycles. The fraction of sp³-hybridized carbons (Fsp3) is 0.500. The van der Waals surface area contributed by atoms with Gasteiger partial charge in [0.25, 0.3) is 0 Å². The lowest BCUT2D eigenvalue weighted by atomic mass is 10.1.